The molecule has 0 saturated heterocycles. The van der Waals surface area contributed by atoms with Crippen molar-refractivity contribution in [2.75, 3.05) is 13.2 Å². The molecule has 106 heavy (non-hydrogen) atoms. The summed E-state index contributed by atoms with van der Waals surface area (Å²) in [7, 11) is 0. The average Bonchev–Trinajstić information content (AvgIpc) is 0.842. The second-order valence-corrected chi connectivity index (χ2v) is 27.6. The SMILES string of the molecule is CC[C@H](C)[C@H](NC(=O)[C@H](Cc1ccccc1)NC(=O)[C@@H](NC(=O)[C@@H](N)Cc1ccccc1)[C@@H](C)CC)C(=O)N[C@@H](CO)C(=O)N[C@H](C(=O)N[C@H](C(=O)N[C@@H](CC(N)=O)C(=O)N[C@@H](Cc1ccccc1)C(=O)N[C@@H](CCC(=O)O)C(=O)N[C@@H](CCCCN)C(=O)N[C@@H](CC(C)C)C(=O)O)[C@@H](C)CC)[C@@H](C)CC. The zero-order valence-corrected chi connectivity index (χ0v) is 62.6. The number of nitrogens with two attached hydrogens (primary N) is 3. The van der Waals surface area contributed by atoms with E-state index in [1.165, 1.54) is 0 Å². The van der Waals surface area contributed by atoms with Crippen LogP contribution in [0, 0.1) is 29.6 Å². The maximum absolute atomic E-state index is 14.6. The van der Waals surface area contributed by atoms with Crippen molar-refractivity contribution in [1.82, 2.24) is 58.5 Å². The van der Waals surface area contributed by atoms with Crippen LogP contribution >= 0.6 is 0 Å². The van der Waals surface area contributed by atoms with Crippen molar-refractivity contribution in [2.45, 2.75) is 232 Å². The predicted octanol–water partition coefficient (Wildman–Crippen LogP) is 0.551. The van der Waals surface area contributed by atoms with E-state index >= 15 is 0 Å². The number of primary amides is 1. The van der Waals surface area contributed by atoms with Gasteiger partial charge < -0.3 is 91.0 Å². The molecule has 586 valence electrons. The molecule has 3 rings (SSSR count). The molecular weight excluding hydrogens is 1370 g/mol. The largest absolute Gasteiger partial charge is 0.481 e. The van der Waals surface area contributed by atoms with Crippen LogP contribution in [0.25, 0.3) is 0 Å². The van der Waals surface area contributed by atoms with Gasteiger partial charge in [-0.05, 0) is 91.3 Å². The van der Waals surface area contributed by atoms with Crippen molar-refractivity contribution >= 4 is 82.8 Å². The average molecular weight is 1480 g/mol. The van der Waals surface area contributed by atoms with Crippen LogP contribution in [0.2, 0.25) is 0 Å². The van der Waals surface area contributed by atoms with Gasteiger partial charge in [-0.3, -0.25) is 62.3 Å². The van der Waals surface area contributed by atoms with Gasteiger partial charge in [-0.25, -0.2) is 4.79 Å². The van der Waals surface area contributed by atoms with Crippen molar-refractivity contribution in [3.8, 4) is 0 Å². The Bertz CT molecular complexity index is 3370. The van der Waals surface area contributed by atoms with Crippen molar-refractivity contribution in [2.24, 2.45) is 46.8 Å². The number of hydrogen-bond acceptors (Lipinski definition) is 17. The molecular formula is C75H114N14O17. The Morgan fingerprint density at radius 3 is 1.07 bits per heavy atom. The Balaban J connectivity index is 1.93. The van der Waals surface area contributed by atoms with Crippen LogP contribution in [0.15, 0.2) is 91.0 Å². The van der Waals surface area contributed by atoms with Gasteiger partial charge in [0.25, 0.3) is 0 Å². The summed E-state index contributed by atoms with van der Waals surface area (Å²) in [6, 6.07) is 8.50. The van der Waals surface area contributed by atoms with E-state index < -0.39 is 205 Å². The van der Waals surface area contributed by atoms with Crippen LogP contribution < -0.4 is 75.7 Å². The molecule has 20 N–H and O–H groups in total. The second-order valence-electron chi connectivity index (χ2n) is 27.6. The first-order chi connectivity index (χ1) is 50.2. The topological polar surface area (TPSA) is 510 Å². The summed E-state index contributed by atoms with van der Waals surface area (Å²) in [6.07, 6.45) is -0.313. The number of nitrogens with one attached hydrogen (secondary N) is 11. The number of amides is 12. The van der Waals surface area contributed by atoms with Crippen molar-refractivity contribution in [1.29, 1.82) is 0 Å². The van der Waals surface area contributed by atoms with E-state index in [1.807, 2.05) is 37.3 Å². The van der Waals surface area contributed by atoms with E-state index in [2.05, 4.69) is 58.5 Å². The first kappa shape index (κ1) is 90.3. The summed E-state index contributed by atoms with van der Waals surface area (Å²) >= 11 is 0. The van der Waals surface area contributed by atoms with Crippen LogP contribution in [0.4, 0.5) is 0 Å². The van der Waals surface area contributed by atoms with Gasteiger partial charge in [-0.2, -0.15) is 0 Å². The molecule has 0 aromatic heterocycles. The number of aliphatic hydroxyl groups excluding tert-OH is 1. The molecule has 0 unspecified atom stereocenters. The minimum Gasteiger partial charge on any atom is -0.481 e. The molecule has 0 radical (unpaired) electrons. The van der Waals surface area contributed by atoms with E-state index in [-0.39, 0.29) is 57.4 Å². The highest BCUT2D eigenvalue weighted by Gasteiger charge is 2.40. The van der Waals surface area contributed by atoms with Gasteiger partial charge >= 0.3 is 11.9 Å². The fourth-order valence-electron chi connectivity index (χ4n) is 11.4. The standard InChI is InChI=1S/C75H114N14O17/c1-11-43(7)60(86-64(94)50(77)37-47-26-18-15-19-27-47)71(101)82-54(39-49-30-22-17-23-31-49)69(99)87-61(44(8)12-2)73(103)85-57(41-90)70(100)88-63(46(10)14-4)74(104)89-62(45(9)13-3)72(102)83-55(40-58(78)91)68(98)81-53(38-48-28-20-16-21-29-48)67(97)80-52(33-34-59(92)93)66(96)79-51(32-24-25-35-76)65(95)84-56(75(105)106)36-42(5)6/h15-23,26-31,42-46,50-57,60-63,90H,11-14,24-25,32-41,76-77H2,1-10H3,(H2,78,91)(H,79,96)(H,80,97)(H,81,98)(H,82,101)(H,83,102)(H,84,95)(H,85,103)(H,86,94)(H,87,99)(H,88,100)(H,89,104)(H,92,93)(H,105,106)/t43-,44-,45-,46-,50-,51-,52-,53-,54-,55-,56-,57-,60-,61-,62-,63-/m0/s1. The molecule has 31 nitrogen and oxygen atoms in total. The van der Waals surface area contributed by atoms with E-state index in [4.69, 9.17) is 17.2 Å². The van der Waals surface area contributed by atoms with Gasteiger partial charge in [0.1, 0.15) is 66.5 Å². The van der Waals surface area contributed by atoms with E-state index in [9.17, 15) is 82.4 Å². The number of carboxylic acid groups (broad SMARTS) is 2. The normalized spacial score (nSPS) is 15.8. The van der Waals surface area contributed by atoms with Gasteiger partial charge in [0.05, 0.1) is 19.1 Å². The summed E-state index contributed by atoms with van der Waals surface area (Å²) < 4.78 is 0. The van der Waals surface area contributed by atoms with Crippen LogP contribution in [-0.2, 0) is 86.4 Å². The first-order valence-corrected chi connectivity index (χ1v) is 36.5. The van der Waals surface area contributed by atoms with Crippen LogP contribution in [-0.4, -0.2) is 184 Å². The van der Waals surface area contributed by atoms with Crippen LogP contribution in [0.1, 0.15) is 157 Å². The van der Waals surface area contributed by atoms with E-state index in [0.29, 0.717) is 36.8 Å². The summed E-state index contributed by atoms with van der Waals surface area (Å²) in [4.78, 5) is 194. The lowest BCUT2D eigenvalue weighted by molar-refractivity contribution is -0.143. The van der Waals surface area contributed by atoms with Crippen molar-refractivity contribution in [3.63, 3.8) is 0 Å². The molecule has 0 fully saturated rings. The van der Waals surface area contributed by atoms with Crippen molar-refractivity contribution < 1.29 is 82.4 Å². The number of unbranched alkanes of at least 4 members (excludes halogenated alkanes) is 1. The van der Waals surface area contributed by atoms with Crippen molar-refractivity contribution in [3.05, 3.63) is 108 Å². The molecule has 0 bridgehead atoms. The quantitative estimate of drug-likeness (QED) is 0.0343. The number of carbonyl (C=O) groups excluding carboxylic acids is 12. The zero-order valence-electron chi connectivity index (χ0n) is 62.6. The zero-order chi connectivity index (χ0) is 79.3. The molecule has 0 spiro atoms. The third-order valence-electron chi connectivity index (χ3n) is 18.7. The molecule has 0 aliphatic rings. The Kier molecular flexibility index (Phi) is 39.9. The van der Waals surface area contributed by atoms with Gasteiger partial charge in [0.2, 0.25) is 70.9 Å². The molecule has 31 heteroatoms. The number of carboxylic acids is 2. The van der Waals surface area contributed by atoms with Crippen LogP contribution in [0.3, 0.4) is 0 Å². The number of aliphatic carboxylic acids is 2. The van der Waals surface area contributed by atoms with E-state index in [1.54, 1.807) is 123 Å². The molecule has 0 saturated carbocycles. The third kappa shape index (κ3) is 31.1. The predicted molar refractivity (Wildman–Crippen MR) is 395 cm³/mol. The molecule has 16 atom stereocenters. The Labute approximate surface area is 620 Å². The summed E-state index contributed by atoms with van der Waals surface area (Å²) in [6.45, 7) is 16.3. The Morgan fingerprint density at radius 1 is 0.377 bits per heavy atom. The minimum atomic E-state index is -1.85. The molecule has 0 heterocycles. The maximum atomic E-state index is 14.6. The number of benzene rings is 3. The molecule has 12 amide bonds. The summed E-state index contributed by atoms with van der Waals surface area (Å²) in [5.41, 5.74) is 19.6. The highest BCUT2D eigenvalue weighted by atomic mass is 16.4. The third-order valence-corrected chi connectivity index (χ3v) is 18.7. The number of hydrogen-bond donors (Lipinski definition) is 17. The lowest BCUT2D eigenvalue weighted by Crippen LogP contribution is -2.63. The second kappa shape index (κ2) is 46.8. The first-order valence-electron chi connectivity index (χ1n) is 36.5. The number of rotatable bonds is 49. The lowest BCUT2D eigenvalue weighted by atomic mass is 9.94. The molecule has 3 aromatic rings. The fourth-order valence-corrected chi connectivity index (χ4v) is 11.4. The number of aliphatic hydroxyl groups is 1. The number of carbonyl (C=O) groups is 14. The Hall–Kier alpha value is -9.88. The lowest BCUT2D eigenvalue weighted by Gasteiger charge is -2.31. The fraction of sp³-hybridized carbons (Fsp3) is 0.573. The van der Waals surface area contributed by atoms with Gasteiger partial charge in [-0.15, -0.1) is 0 Å². The maximum Gasteiger partial charge on any atom is 0.326 e. The summed E-state index contributed by atoms with van der Waals surface area (Å²) in [5.74, 6) is -16.5. The van der Waals surface area contributed by atoms with Gasteiger partial charge in [0.15, 0.2) is 0 Å². The summed E-state index contributed by atoms with van der Waals surface area (Å²) in [5, 5.41) is 58.9. The smallest absolute Gasteiger partial charge is 0.326 e. The van der Waals surface area contributed by atoms with E-state index in [0.717, 1.165) is 5.56 Å². The highest BCUT2D eigenvalue weighted by Crippen LogP contribution is 2.18. The van der Waals surface area contributed by atoms with Gasteiger partial charge in [0, 0.05) is 19.3 Å². The van der Waals surface area contributed by atoms with Gasteiger partial charge in [-0.1, -0.05) is 186 Å². The minimum absolute atomic E-state index is 0.0290. The molecule has 0 aliphatic heterocycles. The molecule has 0 aliphatic carbocycles. The monoisotopic (exact) mass is 1480 g/mol. The molecule has 3 aromatic carbocycles. The highest BCUT2D eigenvalue weighted by molar-refractivity contribution is 6.00. The van der Waals surface area contributed by atoms with Crippen LogP contribution in [0.5, 0.6) is 0 Å². The Morgan fingerprint density at radius 2 is 0.689 bits per heavy atom.